The molecule has 4 aromatic rings. The van der Waals surface area contributed by atoms with Crippen LogP contribution in [0.1, 0.15) is 11.8 Å². The summed E-state index contributed by atoms with van der Waals surface area (Å²) in [5, 5.41) is 14.0. The van der Waals surface area contributed by atoms with E-state index >= 15 is 0 Å². The lowest BCUT2D eigenvalue weighted by Crippen LogP contribution is -2.43. The largest absolute Gasteiger partial charge is 0.487 e. The second kappa shape index (κ2) is 11.1. The van der Waals surface area contributed by atoms with Gasteiger partial charge in [0.1, 0.15) is 24.6 Å². The Labute approximate surface area is 217 Å². The Morgan fingerprint density at radius 2 is 2.00 bits per heavy atom. The number of benzene rings is 1. The highest BCUT2D eigenvalue weighted by Crippen LogP contribution is 2.35. The van der Waals surface area contributed by atoms with Gasteiger partial charge >= 0.3 is 0 Å². The molecule has 4 heterocycles. The van der Waals surface area contributed by atoms with Crippen molar-refractivity contribution < 1.29 is 28.9 Å². The molecule has 1 aromatic carbocycles. The standard InChI is InChI=1S/C25H27N7O6/c1-26-22-17-23(32(13-28-17)25-18(33)19(35-2)20(38-25)24(34)31-36-3)30-21(29-22)15-9-16(11-27-10-15)37-12-14-7-5-4-6-8-14/h4-11,13,18-20,25,33H,12H2,1-3H3,(H,31,34)(H,26,29,30)/t18-,19+,20+,25-/m1/s1. The van der Waals surface area contributed by atoms with Gasteiger partial charge in [-0.15, -0.1) is 0 Å². The number of hydrogen-bond donors (Lipinski definition) is 3. The number of hydrogen-bond acceptors (Lipinski definition) is 11. The molecule has 0 saturated carbocycles. The van der Waals surface area contributed by atoms with Crippen molar-refractivity contribution in [2.24, 2.45) is 0 Å². The van der Waals surface area contributed by atoms with E-state index in [-0.39, 0.29) is 0 Å². The van der Waals surface area contributed by atoms with Crippen molar-refractivity contribution >= 4 is 22.9 Å². The first-order valence-corrected chi connectivity index (χ1v) is 11.8. The number of hydroxylamine groups is 1. The fraction of sp³-hybridized carbons (Fsp3) is 0.320. The van der Waals surface area contributed by atoms with Crippen molar-refractivity contribution in [1.82, 2.24) is 30.0 Å². The zero-order valence-electron chi connectivity index (χ0n) is 20.9. The summed E-state index contributed by atoms with van der Waals surface area (Å²) in [6.45, 7) is 0.385. The van der Waals surface area contributed by atoms with E-state index in [1.54, 1.807) is 30.1 Å². The average Bonchev–Trinajstić information content (AvgIpc) is 3.52. The van der Waals surface area contributed by atoms with Gasteiger partial charge in [-0.1, -0.05) is 30.3 Å². The second-order valence-corrected chi connectivity index (χ2v) is 8.46. The Hall–Kier alpha value is -4.17. The lowest BCUT2D eigenvalue weighted by molar-refractivity contribution is -0.149. The molecule has 5 rings (SSSR count). The van der Waals surface area contributed by atoms with Gasteiger partial charge in [0.05, 0.1) is 19.6 Å². The molecule has 38 heavy (non-hydrogen) atoms. The minimum absolute atomic E-state index is 0.353. The first kappa shape index (κ1) is 25.5. The molecule has 13 nitrogen and oxygen atoms in total. The van der Waals surface area contributed by atoms with Gasteiger partial charge in [-0.25, -0.2) is 20.4 Å². The molecule has 1 amide bonds. The Bertz CT molecular complexity index is 1420. The molecule has 0 unspecified atom stereocenters. The quantitative estimate of drug-likeness (QED) is 0.274. The van der Waals surface area contributed by atoms with Crippen LogP contribution >= 0.6 is 0 Å². The van der Waals surface area contributed by atoms with Crippen molar-refractivity contribution in [3.8, 4) is 17.1 Å². The molecule has 198 valence electrons. The summed E-state index contributed by atoms with van der Waals surface area (Å²) >= 11 is 0. The number of rotatable bonds is 9. The number of ether oxygens (including phenoxy) is 3. The summed E-state index contributed by atoms with van der Waals surface area (Å²) in [7, 11) is 4.41. The third kappa shape index (κ3) is 4.87. The van der Waals surface area contributed by atoms with E-state index < -0.39 is 30.4 Å². The summed E-state index contributed by atoms with van der Waals surface area (Å²) in [6.07, 6.45) is 0.446. The average molecular weight is 522 g/mol. The van der Waals surface area contributed by atoms with Crippen LogP contribution in [0.3, 0.4) is 0 Å². The number of anilines is 1. The van der Waals surface area contributed by atoms with E-state index in [9.17, 15) is 9.90 Å². The van der Waals surface area contributed by atoms with E-state index in [1.807, 2.05) is 30.3 Å². The van der Waals surface area contributed by atoms with E-state index in [0.29, 0.717) is 40.7 Å². The van der Waals surface area contributed by atoms with E-state index in [0.717, 1.165) is 5.56 Å². The van der Waals surface area contributed by atoms with Gasteiger partial charge in [0.15, 0.2) is 35.1 Å². The number of fused-ring (bicyclic) bond motifs is 1. The highest BCUT2D eigenvalue weighted by Gasteiger charge is 2.49. The molecule has 1 saturated heterocycles. The van der Waals surface area contributed by atoms with Crippen LogP contribution in [0.25, 0.3) is 22.6 Å². The van der Waals surface area contributed by atoms with Gasteiger partial charge in [0.25, 0.3) is 5.91 Å². The molecule has 0 bridgehead atoms. The fourth-order valence-corrected chi connectivity index (χ4v) is 4.28. The predicted molar refractivity (Wildman–Crippen MR) is 135 cm³/mol. The number of aromatic nitrogens is 5. The summed E-state index contributed by atoms with van der Waals surface area (Å²) < 4.78 is 18.7. The Balaban J connectivity index is 1.48. The van der Waals surface area contributed by atoms with Crippen LogP contribution < -0.4 is 15.5 Å². The predicted octanol–water partition coefficient (Wildman–Crippen LogP) is 1.46. The van der Waals surface area contributed by atoms with Crippen molar-refractivity contribution in [1.29, 1.82) is 0 Å². The summed E-state index contributed by atoms with van der Waals surface area (Å²) in [4.78, 5) is 35.1. The first-order valence-electron chi connectivity index (χ1n) is 11.8. The number of carbonyl (C=O) groups excluding carboxylic acids is 1. The number of methoxy groups -OCH3 is 1. The molecule has 3 aromatic heterocycles. The molecule has 3 N–H and O–H groups in total. The summed E-state index contributed by atoms with van der Waals surface area (Å²) in [5.74, 6) is 0.781. The van der Waals surface area contributed by atoms with Gasteiger partial charge in [0.2, 0.25) is 0 Å². The third-order valence-corrected chi connectivity index (χ3v) is 6.10. The van der Waals surface area contributed by atoms with Gasteiger partial charge in [-0.05, 0) is 11.6 Å². The van der Waals surface area contributed by atoms with Crippen LogP contribution in [0.2, 0.25) is 0 Å². The van der Waals surface area contributed by atoms with Crippen LogP contribution in [0.15, 0.2) is 55.1 Å². The van der Waals surface area contributed by atoms with Crippen LogP contribution in [-0.2, 0) is 25.7 Å². The SMILES string of the molecule is CNc1nc(-c2cncc(OCc3ccccc3)c2)nc2c1ncn2[C@@H]1O[C@H](C(=O)NOC)[C@@H](OC)[C@H]1O. The number of aliphatic hydroxyl groups excluding tert-OH is 1. The Morgan fingerprint density at radius 3 is 2.74 bits per heavy atom. The lowest BCUT2D eigenvalue weighted by Gasteiger charge is -2.18. The van der Waals surface area contributed by atoms with Crippen molar-refractivity contribution in [2.75, 3.05) is 26.6 Å². The topological polar surface area (TPSA) is 155 Å². The number of nitrogens with one attached hydrogen (secondary N) is 2. The van der Waals surface area contributed by atoms with Crippen LogP contribution in [-0.4, -0.2) is 75.1 Å². The number of imidazole rings is 1. The van der Waals surface area contributed by atoms with Gasteiger partial charge in [-0.2, -0.15) is 0 Å². The van der Waals surface area contributed by atoms with Gasteiger partial charge in [-0.3, -0.25) is 19.2 Å². The Morgan fingerprint density at radius 1 is 1.18 bits per heavy atom. The maximum Gasteiger partial charge on any atom is 0.275 e. The second-order valence-electron chi connectivity index (χ2n) is 8.46. The molecule has 1 aliphatic heterocycles. The van der Waals surface area contributed by atoms with Crippen LogP contribution in [0.5, 0.6) is 5.75 Å². The molecule has 0 spiro atoms. The lowest BCUT2D eigenvalue weighted by atomic mass is 10.1. The Kier molecular flexibility index (Phi) is 7.42. The maximum atomic E-state index is 12.4. The van der Waals surface area contributed by atoms with Crippen LogP contribution in [0, 0.1) is 0 Å². The smallest absolute Gasteiger partial charge is 0.275 e. The van der Waals surface area contributed by atoms with E-state index in [4.69, 9.17) is 24.0 Å². The maximum absolute atomic E-state index is 12.4. The van der Waals surface area contributed by atoms with Crippen molar-refractivity contribution in [2.45, 2.75) is 31.1 Å². The molecule has 0 aliphatic carbocycles. The number of nitrogens with zero attached hydrogens (tertiary/aromatic N) is 5. The molecule has 1 fully saturated rings. The summed E-state index contributed by atoms with van der Waals surface area (Å²) in [6, 6.07) is 11.6. The van der Waals surface area contributed by atoms with E-state index in [2.05, 4.69) is 25.7 Å². The third-order valence-electron chi connectivity index (χ3n) is 6.10. The molecule has 4 atom stereocenters. The number of aliphatic hydroxyl groups is 1. The van der Waals surface area contributed by atoms with Crippen LogP contribution in [0.4, 0.5) is 5.82 Å². The van der Waals surface area contributed by atoms with E-state index in [1.165, 1.54) is 20.5 Å². The highest BCUT2D eigenvalue weighted by molar-refractivity contribution is 5.85. The van der Waals surface area contributed by atoms with Gasteiger partial charge < -0.3 is 24.6 Å². The molecule has 1 aliphatic rings. The molecular weight excluding hydrogens is 494 g/mol. The highest BCUT2D eigenvalue weighted by atomic mass is 16.7. The number of carbonyl (C=O) groups is 1. The van der Waals surface area contributed by atoms with Gasteiger partial charge in [0, 0.05) is 25.9 Å². The zero-order chi connectivity index (χ0) is 26.6. The normalized spacial score (nSPS) is 20.9. The molecule has 0 radical (unpaired) electrons. The molecule has 13 heteroatoms. The zero-order valence-corrected chi connectivity index (χ0v) is 20.9. The fourth-order valence-electron chi connectivity index (χ4n) is 4.28. The van der Waals surface area contributed by atoms with Crippen molar-refractivity contribution in [3.05, 3.63) is 60.7 Å². The molecular formula is C25H27N7O6. The first-order chi connectivity index (χ1) is 18.5. The number of pyridine rings is 1. The van der Waals surface area contributed by atoms with Crippen molar-refractivity contribution in [3.63, 3.8) is 0 Å². The minimum Gasteiger partial charge on any atom is -0.487 e. The summed E-state index contributed by atoms with van der Waals surface area (Å²) in [5.41, 5.74) is 4.69. The monoisotopic (exact) mass is 521 g/mol. The number of amides is 1. The minimum atomic E-state index is -1.20.